The number of rotatable bonds is 5. The van der Waals surface area contributed by atoms with Crippen molar-refractivity contribution >= 4 is 5.91 Å². The number of aryl methyl sites for hydroxylation is 1. The van der Waals surface area contributed by atoms with Crippen LogP contribution in [0, 0.1) is 5.92 Å². The Kier molecular flexibility index (Phi) is 5.36. The predicted octanol–water partition coefficient (Wildman–Crippen LogP) is 0.610. The number of nitrogens with zero attached hydrogens (tertiary/aromatic N) is 4. The van der Waals surface area contributed by atoms with E-state index < -0.39 is 6.04 Å². The van der Waals surface area contributed by atoms with Gasteiger partial charge in [-0.2, -0.15) is 5.10 Å². The number of nitrogens with two attached hydrogens (primary N) is 1. The van der Waals surface area contributed by atoms with Gasteiger partial charge < -0.3 is 10.6 Å². The molecule has 1 saturated heterocycles. The Bertz CT molecular complexity index is 462. The molecule has 0 bridgehead atoms. The number of hydrogen-bond donors (Lipinski definition) is 1. The van der Waals surface area contributed by atoms with E-state index in [1.807, 2.05) is 11.9 Å². The average Bonchev–Trinajstić information content (AvgIpc) is 2.90. The maximum atomic E-state index is 12.4. The van der Waals surface area contributed by atoms with Gasteiger partial charge in [-0.3, -0.25) is 14.4 Å². The second kappa shape index (κ2) is 7.04. The average molecular weight is 293 g/mol. The van der Waals surface area contributed by atoms with Crippen LogP contribution in [0.25, 0.3) is 0 Å². The molecule has 0 radical (unpaired) electrons. The SMILES string of the molecule is CC(C)CCN1CCN(C(=O)C(N)c2cnn(C)c2)CC1. The highest BCUT2D eigenvalue weighted by Crippen LogP contribution is 2.14. The molecule has 1 aliphatic rings. The van der Waals surface area contributed by atoms with Crippen LogP contribution in [-0.2, 0) is 11.8 Å². The van der Waals surface area contributed by atoms with Crippen LogP contribution in [0.4, 0.5) is 0 Å². The molecule has 1 atom stereocenters. The van der Waals surface area contributed by atoms with E-state index >= 15 is 0 Å². The summed E-state index contributed by atoms with van der Waals surface area (Å²) in [5, 5.41) is 4.08. The van der Waals surface area contributed by atoms with Gasteiger partial charge in [-0.05, 0) is 18.9 Å². The summed E-state index contributed by atoms with van der Waals surface area (Å²) in [6.45, 7) is 9.03. The van der Waals surface area contributed by atoms with Crippen molar-refractivity contribution in [1.29, 1.82) is 0 Å². The summed E-state index contributed by atoms with van der Waals surface area (Å²) < 4.78 is 1.67. The van der Waals surface area contributed by atoms with Crippen molar-refractivity contribution in [1.82, 2.24) is 19.6 Å². The lowest BCUT2D eigenvalue weighted by molar-refractivity contribution is -0.134. The lowest BCUT2D eigenvalue weighted by Gasteiger charge is -2.36. The van der Waals surface area contributed by atoms with Gasteiger partial charge in [-0.25, -0.2) is 0 Å². The highest BCUT2D eigenvalue weighted by atomic mass is 16.2. The summed E-state index contributed by atoms with van der Waals surface area (Å²) in [7, 11) is 1.83. The first-order valence-corrected chi connectivity index (χ1v) is 7.72. The summed E-state index contributed by atoms with van der Waals surface area (Å²) in [5.41, 5.74) is 6.84. The monoisotopic (exact) mass is 293 g/mol. The molecule has 0 aliphatic carbocycles. The van der Waals surface area contributed by atoms with Gasteiger partial charge in [0.1, 0.15) is 6.04 Å². The molecule has 2 N–H and O–H groups in total. The molecule has 1 amide bonds. The smallest absolute Gasteiger partial charge is 0.244 e. The molecule has 21 heavy (non-hydrogen) atoms. The van der Waals surface area contributed by atoms with Crippen LogP contribution in [0.5, 0.6) is 0 Å². The summed E-state index contributed by atoms with van der Waals surface area (Å²) in [6, 6.07) is -0.596. The van der Waals surface area contributed by atoms with Crippen molar-refractivity contribution < 1.29 is 4.79 Å². The van der Waals surface area contributed by atoms with E-state index in [4.69, 9.17) is 5.73 Å². The highest BCUT2D eigenvalue weighted by Gasteiger charge is 2.26. The van der Waals surface area contributed by atoms with Crippen LogP contribution in [0.1, 0.15) is 31.9 Å². The molecule has 1 aliphatic heterocycles. The minimum Gasteiger partial charge on any atom is -0.338 e. The lowest BCUT2D eigenvalue weighted by Crippen LogP contribution is -2.51. The molecule has 2 heterocycles. The van der Waals surface area contributed by atoms with E-state index in [0.717, 1.165) is 44.2 Å². The van der Waals surface area contributed by atoms with Crippen molar-refractivity contribution in [2.45, 2.75) is 26.3 Å². The highest BCUT2D eigenvalue weighted by molar-refractivity contribution is 5.83. The van der Waals surface area contributed by atoms with E-state index in [2.05, 4.69) is 23.8 Å². The van der Waals surface area contributed by atoms with E-state index in [-0.39, 0.29) is 5.91 Å². The fourth-order valence-corrected chi connectivity index (χ4v) is 2.57. The third-order valence-electron chi connectivity index (χ3n) is 4.06. The summed E-state index contributed by atoms with van der Waals surface area (Å²) >= 11 is 0. The van der Waals surface area contributed by atoms with Crippen LogP contribution in [0.2, 0.25) is 0 Å². The minimum atomic E-state index is -0.596. The molecular formula is C15H27N5O. The van der Waals surface area contributed by atoms with E-state index in [9.17, 15) is 4.79 Å². The van der Waals surface area contributed by atoms with Crippen molar-refractivity contribution in [2.24, 2.45) is 18.7 Å². The van der Waals surface area contributed by atoms with Crippen molar-refractivity contribution in [3.05, 3.63) is 18.0 Å². The zero-order valence-electron chi connectivity index (χ0n) is 13.3. The second-order valence-corrected chi connectivity index (χ2v) is 6.27. The van der Waals surface area contributed by atoms with E-state index in [1.165, 1.54) is 6.42 Å². The first-order valence-electron chi connectivity index (χ1n) is 7.72. The molecule has 118 valence electrons. The normalized spacial score (nSPS) is 18.2. The zero-order valence-corrected chi connectivity index (χ0v) is 13.3. The maximum absolute atomic E-state index is 12.4. The Morgan fingerprint density at radius 3 is 2.52 bits per heavy atom. The molecule has 1 unspecified atom stereocenters. The van der Waals surface area contributed by atoms with E-state index in [0.29, 0.717) is 0 Å². The van der Waals surface area contributed by atoms with Gasteiger partial charge in [0.2, 0.25) is 5.91 Å². The first-order chi connectivity index (χ1) is 9.97. The third kappa shape index (κ3) is 4.28. The number of amides is 1. The number of carbonyl (C=O) groups is 1. The molecule has 0 spiro atoms. The quantitative estimate of drug-likeness (QED) is 0.864. The fourth-order valence-electron chi connectivity index (χ4n) is 2.57. The molecule has 6 nitrogen and oxygen atoms in total. The Morgan fingerprint density at radius 1 is 1.33 bits per heavy atom. The predicted molar refractivity (Wildman–Crippen MR) is 82.6 cm³/mol. The topological polar surface area (TPSA) is 67.4 Å². The van der Waals surface area contributed by atoms with Gasteiger partial charge in [-0.15, -0.1) is 0 Å². The van der Waals surface area contributed by atoms with Gasteiger partial charge in [0.25, 0.3) is 0 Å². The number of carbonyl (C=O) groups excluding carboxylic acids is 1. The Hall–Kier alpha value is -1.40. The van der Waals surface area contributed by atoms with Gasteiger partial charge in [0.15, 0.2) is 0 Å². The molecule has 1 fully saturated rings. The molecule has 6 heteroatoms. The minimum absolute atomic E-state index is 0.00603. The number of aromatic nitrogens is 2. The largest absolute Gasteiger partial charge is 0.338 e. The molecular weight excluding hydrogens is 266 g/mol. The van der Waals surface area contributed by atoms with Gasteiger partial charge >= 0.3 is 0 Å². The van der Waals surface area contributed by atoms with E-state index in [1.54, 1.807) is 17.1 Å². The molecule has 0 aromatic carbocycles. The number of hydrogen-bond acceptors (Lipinski definition) is 4. The van der Waals surface area contributed by atoms with Crippen LogP contribution < -0.4 is 5.73 Å². The van der Waals surface area contributed by atoms with Crippen LogP contribution in [0.3, 0.4) is 0 Å². The molecule has 1 aromatic rings. The van der Waals surface area contributed by atoms with Crippen LogP contribution in [0.15, 0.2) is 12.4 Å². The fraction of sp³-hybridized carbons (Fsp3) is 0.733. The van der Waals surface area contributed by atoms with Crippen LogP contribution >= 0.6 is 0 Å². The van der Waals surface area contributed by atoms with Crippen LogP contribution in [-0.4, -0.2) is 58.2 Å². The maximum Gasteiger partial charge on any atom is 0.244 e. The molecule has 1 aromatic heterocycles. The summed E-state index contributed by atoms with van der Waals surface area (Å²) in [6.07, 6.45) is 4.69. The van der Waals surface area contributed by atoms with Gasteiger partial charge in [-0.1, -0.05) is 13.8 Å². The van der Waals surface area contributed by atoms with Crippen molar-refractivity contribution in [2.75, 3.05) is 32.7 Å². The number of piperazine rings is 1. The second-order valence-electron chi connectivity index (χ2n) is 6.27. The molecule has 2 rings (SSSR count). The lowest BCUT2D eigenvalue weighted by atomic mass is 10.1. The summed E-state index contributed by atoms with van der Waals surface area (Å²) in [4.78, 5) is 16.7. The van der Waals surface area contributed by atoms with Gasteiger partial charge in [0, 0.05) is 45.0 Å². The standard InChI is InChI=1S/C15H27N5O/c1-12(2)4-5-19-6-8-20(9-7-19)15(21)14(16)13-10-17-18(3)11-13/h10-12,14H,4-9,16H2,1-3H3. The molecule has 0 saturated carbocycles. The zero-order chi connectivity index (χ0) is 15.4. The van der Waals surface area contributed by atoms with Crippen molar-refractivity contribution in [3.63, 3.8) is 0 Å². The Morgan fingerprint density at radius 2 is 2.00 bits per heavy atom. The van der Waals surface area contributed by atoms with Crippen molar-refractivity contribution in [3.8, 4) is 0 Å². The Balaban J connectivity index is 1.82. The van der Waals surface area contributed by atoms with Gasteiger partial charge in [0.05, 0.1) is 6.20 Å². The third-order valence-corrected chi connectivity index (χ3v) is 4.06. The first kappa shape index (κ1) is 16.0. The summed E-state index contributed by atoms with van der Waals surface area (Å²) in [5.74, 6) is 0.732. The Labute approximate surface area is 126 Å².